The van der Waals surface area contributed by atoms with E-state index in [2.05, 4.69) is 9.97 Å². The fraction of sp³-hybridized carbons (Fsp3) is 0.571. The Bertz CT molecular complexity index is 340. The first-order chi connectivity index (χ1) is 6.12. The van der Waals surface area contributed by atoms with Crippen molar-refractivity contribution in [2.75, 3.05) is 13.1 Å². The van der Waals surface area contributed by atoms with Gasteiger partial charge in [0, 0.05) is 13.1 Å². The molecule has 0 saturated heterocycles. The van der Waals surface area contributed by atoms with Crippen molar-refractivity contribution in [1.29, 1.82) is 0 Å². The molecule has 0 aromatic carbocycles. The molecular formula is C7H13N3O2S. The van der Waals surface area contributed by atoms with Gasteiger partial charge in [-0.3, -0.25) is 0 Å². The van der Waals surface area contributed by atoms with Crippen molar-refractivity contribution in [1.82, 2.24) is 14.3 Å². The smallest absolute Gasteiger partial charge is 0.260 e. The number of imidazole rings is 1. The third kappa shape index (κ3) is 1.89. The molecule has 1 N–H and O–H groups in total. The molecule has 0 aliphatic rings. The van der Waals surface area contributed by atoms with E-state index in [-0.39, 0.29) is 5.03 Å². The van der Waals surface area contributed by atoms with Crippen LogP contribution in [0.15, 0.2) is 17.6 Å². The van der Waals surface area contributed by atoms with Crippen LogP contribution in [-0.4, -0.2) is 35.8 Å². The van der Waals surface area contributed by atoms with Crippen molar-refractivity contribution in [2.45, 2.75) is 18.9 Å². The molecule has 0 bridgehead atoms. The highest BCUT2D eigenvalue weighted by molar-refractivity contribution is 7.89. The van der Waals surface area contributed by atoms with E-state index in [1.54, 1.807) is 13.8 Å². The van der Waals surface area contributed by atoms with Gasteiger partial charge >= 0.3 is 0 Å². The second kappa shape index (κ2) is 3.89. The van der Waals surface area contributed by atoms with E-state index >= 15 is 0 Å². The molecule has 0 aliphatic carbocycles. The monoisotopic (exact) mass is 203 g/mol. The molecule has 1 aromatic heterocycles. The Kier molecular flexibility index (Phi) is 3.05. The SMILES string of the molecule is CCN(CC)S(=O)(=O)c1cnc[nH]1. The second-order valence-electron chi connectivity index (χ2n) is 2.51. The average molecular weight is 203 g/mol. The Labute approximate surface area is 77.8 Å². The molecule has 0 saturated carbocycles. The first-order valence-electron chi connectivity index (χ1n) is 4.11. The van der Waals surface area contributed by atoms with Gasteiger partial charge in [0.05, 0.1) is 12.5 Å². The molecule has 0 spiro atoms. The molecule has 0 amide bonds. The van der Waals surface area contributed by atoms with Crippen LogP contribution in [0.25, 0.3) is 0 Å². The molecule has 74 valence electrons. The molecule has 1 rings (SSSR count). The average Bonchev–Trinajstić information content (AvgIpc) is 2.58. The van der Waals surface area contributed by atoms with E-state index in [9.17, 15) is 8.42 Å². The van der Waals surface area contributed by atoms with E-state index in [0.717, 1.165) is 0 Å². The zero-order chi connectivity index (χ0) is 9.90. The maximum absolute atomic E-state index is 11.7. The van der Waals surface area contributed by atoms with E-state index in [0.29, 0.717) is 13.1 Å². The summed E-state index contributed by atoms with van der Waals surface area (Å²) >= 11 is 0. The van der Waals surface area contributed by atoms with E-state index in [1.165, 1.54) is 16.8 Å². The molecule has 0 fully saturated rings. The number of rotatable bonds is 4. The number of nitrogens with one attached hydrogen (secondary N) is 1. The zero-order valence-electron chi connectivity index (χ0n) is 7.69. The molecule has 6 heteroatoms. The van der Waals surface area contributed by atoms with E-state index < -0.39 is 10.0 Å². The third-order valence-electron chi connectivity index (χ3n) is 1.80. The largest absolute Gasteiger partial charge is 0.335 e. The summed E-state index contributed by atoms with van der Waals surface area (Å²) in [6.45, 7) is 4.55. The second-order valence-corrected chi connectivity index (χ2v) is 4.41. The van der Waals surface area contributed by atoms with Crippen LogP contribution in [0.1, 0.15) is 13.8 Å². The van der Waals surface area contributed by atoms with Crippen LogP contribution in [0.3, 0.4) is 0 Å². The van der Waals surface area contributed by atoms with Crippen LogP contribution in [0.5, 0.6) is 0 Å². The topological polar surface area (TPSA) is 66.1 Å². The number of aromatic amines is 1. The zero-order valence-corrected chi connectivity index (χ0v) is 8.50. The van der Waals surface area contributed by atoms with Crippen molar-refractivity contribution < 1.29 is 8.42 Å². The molecule has 13 heavy (non-hydrogen) atoms. The summed E-state index contributed by atoms with van der Waals surface area (Å²) in [5, 5.41) is 0.149. The highest BCUT2D eigenvalue weighted by atomic mass is 32.2. The van der Waals surface area contributed by atoms with Gasteiger partial charge in [0.25, 0.3) is 10.0 Å². The summed E-state index contributed by atoms with van der Waals surface area (Å²) in [4.78, 5) is 6.26. The number of hydrogen-bond donors (Lipinski definition) is 1. The van der Waals surface area contributed by atoms with Crippen molar-refractivity contribution in [2.24, 2.45) is 0 Å². The van der Waals surface area contributed by atoms with Gasteiger partial charge in [0.15, 0.2) is 5.03 Å². The van der Waals surface area contributed by atoms with Gasteiger partial charge in [-0.15, -0.1) is 0 Å². The Morgan fingerprint density at radius 2 is 2.08 bits per heavy atom. The number of sulfonamides is 1. The van der Waals surface area contributed by atoms with Gasteiger partial charge in [-0.2, -0.15) is 4.31 Å². The van der Waals surface area contributed by atoms with Gasteiger partial charge in [-0.25, -0.2) is 13.4 Å². The van der Waals surface area contributed by atoms with Gasteiger partial charge in [0.1, 0.15) is 0 Å². The lowest BCUT2D eigenvalue weighted by Gasteiger charge is -2.16. The van der Waals surface area contributed by atoms with E-state index in [4.69, 9.17) is 0 Å². The molecule has 0 aliphatic heterocycles. The summed E-state index contributed by atoms with van der Waals surface area (Å²) in [7, 11) is -3.34. The summed E-state index contributed by atoms with van der Waals surface area (Å²) in [6.07, 6.45) is 2.67. The summed E-state index contributed by atoms with van der Waals surface area (Å²) in [5.41, 5.74) is 0. The Hall–Kier alpha value is -0.880. The third-order valence-corrected chi connectivity index (χ3v) is 3.77. The van der Waals surface area contributed by atoms with Crippen molar-refractivity contribution in [3.63, 3.8) is 0 Å². The first-order valence-corrected chi connectivity index (χ1v) is 5.55. The molecular weight excluding hydrogens is 190 g/mol. The van der Waals surface area contributed by atoms with Gasteiger partial charge in [-0.1, -0.05) is 13.8 Å². The first kappa shape index (κ1) is 10.2. The normalized spacial score (nSPS) is 12.2. The summed E-state index contributed by atoms with van der Waals surface area (Å²) in [5.74, 6) is 0. The molecule has 1 aromatic rings. The molecule has 0 unspecified atom stereocenters. The van der Waals surface area contributed by atoms with Gasteiger partial charge in [0.2, 0.25) is 0 Å². The summed E-state index contributed by atoms with van der Waals surface area (Å²) < 4.78 is 24.8. The van der Waals surface area contributed by atoms with Gasteiger partial charge in [-0.05, 0) is 0 Å². The minimum atomic E-state index is -3.34. The predicted octanol–water partition coefficient (Wildman–Crippen LogP) is 0.440. The lowest BCUT2D eigenvalue weighted by molar-refractivity contribution is 0.443. The fourth-order valence-electron chi connectivity index (χ4n) is 1.09. The lowest BCUT2D eigenvalue weighted by atomic mass is 10.7. The highest BCUT2D eigenvalue weighted by Crippen LogP contribution is 2.10. The van der Waals surface area contributed by atoms with Crippen LogP contribution in [0, 0.1) is 0 Å². The summed E-state index contributed by atoms with van der Waals surface area (Å²) in [6, 6.07) is 0. The quantitative estimate of drug-likeness (QED) is 0.772. The number of hydrogen-bond acceptors (Lipinski definition) is 3. The van der Waals surface area contributed by atoms with Crippen LogP contribution in [-0.2, 0) is 10.0 Å². The Morgan fingerprint density at radius 3 is 2.46 bits per heavy atom. The van der Waals surface area contributed by atoms with Crippen LogP contribution in [0.2, 0.25) is 0 Å². The number of nitrogens with zero attached hydrogens (tertiary/aromatic N) is 2. The van der Waals surface area contributed by atoms with Crippen LogP contribution in [0.4, 0.5) is 0 Å². The maximum atomic E-state index is 11.7. The van der Waals surface area contributed by atoms with Crippen molar-refractivity contribution in [3.05, 3.63) is 12.5 Å². The maximum Gasteiger partial charge on any atom is 0.260 e. The minimum Gasteiger partial charge on any atom is -0.335 e. The van der Waals surface area contributed by atoms with Crippen LogP contribution >= 0.6 is 0 Å². The van der Waals surface area contributed by atoms with E-state index in [1.807, 2.05) is 0 Å². The number of aromatic nitrogens is 2. The Morgan fingerprint density at radius 1 is 1.46 bits per heavy atom. The molecule has 0 atom stereocenters. The Balaban J connectivity index is 3.02. The lowest BCUT2D eigenvalue weighted by Crippen LogP contribution is -2.30. The predicted molar refractivity (Wildman–Crippen MR) is 48.7 cm³/mol. The van der Waals surface area contributed by atoms with Crippen molar-refractivity contribution in [3.8, 4) is 0 Å². The molecule has 1 heterocycles. The molecule has 5 nitrogen and oxygen atoms in total. The molecule has 0 radical (unpaired) electrons. The standard InChI is InChI=1S/C7H13N3O2S/c1-3-10(4-2)13(11,12)7-5-8-6-9-7/h5-6H,3-4H2,1-2H3,(H,8,9). The van der Waals surface area contributed by atoms with Gasteiger partial charge < -0.3 is 4.98 Å². The van der Waals surface area contributed by atoms with Crippen LogP contribution < -0.4 is 0 Å². The highest BCUT2D eigenvalue weighted by Gasteiger charge is 2.22. The fourth-order valence-corrected chi connectivity index (χ4v) is 2.44. The van der Waals surface area contributed by atoms with Crippen molar-refractivity contribution >= 4 is 10.0 Å². The number of H-pyrrole nitrogens is 1. The minimum absolute atomic E-state index is 0.149.